The largest absolute Gasteiger partial charge is 0.422 e. The zero-order chi connectivity index (χ0) is 13.4. The van der Waals surface area contributed by atoms with Gasteiger partial charge in [-0.15, -0.1) is 0 Å². The Hall–Kier alpha value is -1.39. The average Bonchev–Trinajstić information content (AvgIpc) is 2.42. The smallest absolute Gasteiger partial charge is 0.351 e. The summed E-state index contributed by atoms with van der Waals surface area (Å²) in [6.07, 6.45) is 0. The van der Waals surface area contributed by atoms with Gasteiger partial charge in [-0.05, 0) is 39.7 Å². The van der Waals surface area contributed by atoms with E-state index in [-0.39, 0.29) is 5.63 Å². The molecule has 0 aliphatic carbocycles. The molecule has 0 aliphatic heterocycles. The molecule has 1 heterocycles. The fourth-order valence-corrected chi connectivity index (χ4v) is 2.92. The normalized spacial score (nSPS) is 10.8. The van der Waals surface area contributed by atoms with Gasteiger partial charge in [0.2, 0.25) is 0 Å². The molecule has 4 heteroatoms. The van der Waals surface area contributed by atoms with Crippen LogP contribution >= 0.6 is 31.9 Å². The summed E-state index contributed by atoms with van der Waals surface area (Å²) in [6.45, 7) is 0. The lowest BCUT2D eigenvalue weighted by molar-refractivity contribution is 0.557. The first-order chi connectivity index (χ1) is 9.16. The Labute approximate surface area is 126 Å². The summed E-state index contributed by atoms with van der Waals surface area (Å²) in [4.78, 5) is 11.9. The number of hydrogen-bond donors (Lipinski definition) is 0. The fourth-order valence-electron chi connectivity index (χ4n) is 2.04. The van der Waals surface area contributed by atoms with E-state index in [9.17, 15) is 4.79 Å². The van der Waals surface area contributed by atoms with Crippen LogP contribution < -0.4 is 5.63 Å². The second-order valence-corrected chi connectivity index (χ2v) is 5.79. The number of halogens is 2. The lowest BCUT2D eigenvalue weighted by Crippen LogP contribution is -2.02. The standard InChI is InChI=1S/C15H8Br2O2/c16-10-6-7-12-11(8-10)13(14(17)15(18)19-12)9-4-2-1-3-5-9/h1-8H. The van der Waals surface area contributed by atoms with E-state index in [0.717, 1.165) is 21.0 Å². The second kappa shape index (κ2) is 4.94. The van der Waals surface area contributed by atoms with Crippen LogP contribution in [0.2, 0.25) is 0 Å². The molecule has 3 rings (SSSR count). The summed E-state index contributed by atoms with van der Waals surface area (Å²) in [5, 5.41) is 0.895. The highest BCUT2D eigenvalue weighted by atomic mass is 79.9. The minimum Gasteiger partial charge on any atom is -0.422 e. The molecule has 0 bridgehead atoms. The zero-order valence-electron chi connectivity index (χ0n) is 9.69. The van der Waals surface area contributed by atoms with Crippen molar-refractivity contribution < 1.29 is 4.42 Å². The van der Waals surface area contributed by atoms with Crippen molar-refractivity contribution in [3.8, 4) is 11.1 Å². The van der Waals surface area contributed by atoms with Gasteiger partial charge in [0, 0.05) is 15.4 Å². The molecule has 0 amide bonds. The van der Waals surface area contributed by atoms with Gasteiger partial charge >= 0.3 is 5.63 Å². The summed E-state index contributed by atoms with van der Waals surface area (Å²) >= 11 is 6.79. The van der Waals surface area contributed by atoms with Crippen LogP contribution in [-0.2, 0) is 0 Å². The maximum atomic E-state index is 11.9. The van der Waals surface area contributed by atoms with Gasteiger partial charge in [0.1, 0.15) is 10.1 Å². The van der Waals surface area contributed by atoms with Gasteiger partial charge in [-0.3, -0.25) is 0 Å². The molecule has 0 unspecified atom stereocenters. The lowest BCUT2D eigenvalue weighted by Gasteiger charge is -2.08. The first-order valence-corrected chi connectivity index (χ1v) is 7.23. The molecule has 1 aromatic heterocycles. The van der Waals surface area contributed by atoms with Gasteiger partial charge in [-0.2, -0.15) is 0 Å². The lowest BCUT2D eigenvalue weighted by atomic mass is 10.0. The fraction of sp³-hybridized carbons (Fsp3) is 0. The topological polar surface area (TPSA) is 30.2 Å². The maximum absolute atomic E-state index is 11.9. The van der Waals surface area contributed by atoms with Crippen molar-refractivity contribution in [3.05, 3.63) is 67.9 Å². The Bertz CT molecular complexity index is 807. The summed E-state index contributed by atoms with van der Waals surface area (Å²) in [7, 11) is 0. The van der Waals surface area contributed by atoms with E-state index in [1.807, 2.05) is 42.5 Å². The molecule has 0 aliphatic rings. The van der Waals surface area contributed by atoms with E-state index in [2.05, 4.69) is 31.9 Å². The monoisotopic (exact) mass is 378 g/mol. The molecule has 19 heavy (non-hydrogen) atoms. The third kappa shape index (κ3) is 2.26. The van der Waals surface area contributed by atoms with Gasteiger partial charge in [0.15, 0.2) is 0 Å². The van der Waals surface area contributed by atoms with Crippen LogP contribution in [0.25, 0.3) is 22.1 Å². The molecule has 0 N–H and O–H groups in total. The maximum Gasteiger partial charge on any atom is 0.351 e. The van der Waals surface area contributed by atoms with Crippen LogP contribution in [0.4, 0.5) is 0 Å². The van der Waals surface area contributed by atoms with Crippen molar-refractivity contribution in [3.63, 3.8) is 0 Å². The molecule has 0 spiro atoms. The van der Waals surface area contributed by atoms with Crippen LogP contribution in [0.5, 0.6) is 0 Å². The van der Waals surface area contributed by atoms with Crippen molar-refractivity contribution in [1.82, 2.24) is 0 Å². The third-order valence-corrected chi connectivity index (χ3v) is 4.09. The quantitative estimate of drug-likeness (QED) is 0.558. The van der Waals surface area contributed by atoms with Gasteiger partial charge in [-0.25, -0.2) is 4.79 Å². The molecule has 2 nitrogen and oxygen atoms in total. The van der Waals surface area contributed by atoms with E-state index in [1.54, 1.807) is 6.07 Å². The van der Waals surface area contributed by atoms with E-state index in [4.69, 9.17) is 4.42 Å². The van der Waals surface area contributed by atoms with Crippen LogP contribution in [0.15, 0.2) is 66.7 Å². The van der Waals surface area contributed by atoms with Crippen molar-refractivity contribution in [2.24, 2.45) is 0 Å². The number of fused-ring (bicyclic) bond motifs is 1. The molecule has 0 saturated heterocycles. The Morgan fingerprint density at radius 1 is 0.947 bits per heavy atom. The third-order valence-electron chi connectivity index (χ3n) is 2.87. The number of rotatable bonds is 1. The Morgan fingerprint density at radius 2 is 1.68 bits per heavy atom. The molecular formula is C15H8Br2O2. The zero-order valence-corrected chi connectivity index (χ0v) is 12.9. The van der Waals surface area contributed by atoms with Gasteiger partial charge < -0.3 is 4.42 Å². The Balaban J connectivity index is 2.48. The highest BCUT2D eigenvalue weighted by Gasteiger charge is 2.14. The van der Waals surface area contributed by atoms with Crippen molar-refractivity contribution >= 4 is 42.8 Å². The molecule has 0 fully saturated rings. The minimum atomic E-state index is -0.367. The van der Waals surface area contributed by atoms with Crippen LogP contribution in [-0.4, -0.2) is 0 Å². The molecular weight excluding hydrogens is 372 g/mol. The molecule has 94 valence electrons. The van der Waals surface area contributed by atoms with Crippen LogP contribution in [0.3, 0.4) is 0 Å². The Kier molecular flexibility index (Phi) is 3.29. The Morgan fingerprint density at radius 3 is 2.42 bits per heavy atom. The summed E-state index contributed by atoms with van der Waals surface area (Å²) in [5.41, 5.74) is 2.04. The van der Waals surface area contributed by atoms with Crippen LogP contribution in [0, 0.1) is 0 Å². The average molecular weight is 380 g/mol. The first kappa shape index (κ1) is 12.6. The van der Waals surface area contributed by atoms with Crippen LogP contribution in [0.1, 0.15) is 0 Å². The van der Waals surface area contributed by atoms with Crippen molar-refractivity contribution in [1.29, 1.82) is 0 Å². The van der Waals surface area contributed by atoms with Gasteiger partial charge in [0.25, 0.3) is 0 Å². The van der Waals surface area contributed by atoms with Crippen molar-refractivity contribution in [2.45, 2.75) is 0 Å². The van der Waals surface area contributed by atoms with E-state index >= 15 is 0 Å². The molecule has 3 aromatic rings. The van der Waals surface area contributed by atoms with Gasteiger partial charge in [0.05, 0.1) is 0 Å². The predicted octanol–water partition coefficient (Wildman–Crippen LogP) is 4.99. The van der Waals surface area contributed by atoms with E-state index in [0.29, 0.717) is 10.1 Å². The van der Waals surface area contributed by atoms with Gasteiger partial charge in [-0.1, -0.05) is 46.3 Å². The second-order valence-electron chi connectivity index (χ2n) is 4.09. The molecule has 0 atom stereocenters. The highest BCUT2D eigenvalue weighted by molar-refractivity contribution is 9.10. The minimum absolute atomic E-state index is 0.367. The summed E-state index contributed by atoms with van der Waals surface area (Å²) in [6, 6.07) is 15.4. The highest BCUT2D eigenvalue weighted by Crippen LogP contribution is 2.34. The SMILES string of the molecule is O=c1oc2ccc(Br)cc2c(-c2ccccc2)c1Br. The van der Waals surface area contributed by atoms with E-state index < -0.39 is 0 Å². The molecule has 2 aromatic carbocycles. The molecule has 0 radical (unpaired) electrons. The molecule has 0 saturated carbocycles. The van der Waals surface area contributed by atoms with E-state index in [1.165, 1.54) is 0 Å². The van der Waals surface area contributed by atoms with Crippen molar-refractivity contribution in [2.75, 3.05) is 0 Å². The predicted molar refractivity (Wildman–Crippen MR) is 83.3 cm³/mol. The number of hydrogen-bond acceptors (Lipinski definition) is 2. The first-order valence-electron chi connectivity index (χ1n) is 5.64. The summed E-state index contributed by atoms with van der Waals surface area (Å²) < 4.78 is 6.68. The number of benzene rings is 2. The summed E-state index contributed by atoms with van der Waals surface area (Å²) in [5.74, 6) is 0.